The molecule has 0 atom stereocenters. The van der Waals surface area contributed by atoms with E-state index in [9.17, 15) is 9.59 Å². The second-order valence-electron chi connectivity index (χ2n) is 5.63. The van der Waals surface area contributed by atoms with Crippen LogP contribution in [-0.2, 0) is 4.74 Å². The summed E-state index contributed by atoms with van der Waals surface area (Å²) in [6.45, 7) is -0.330. The summed E-state index contributed by atoms with van der Waals surface area (Å²) < 4.78 is 5.06. The highest BCUT2D eigenvalue weighted by molar-refractivity contribution is 5.99. The summed E-state index contributed by atoms with van der Waals surface area (Å²) >= 11 is 0. The molecular formula is C22H15NO3. The first-order valence-electron chi connectivity index (χ1n) is 8.03. The minimum Gasteiger partial charge on any atom is -0.454 e. The number of nitriles is 1. The minimum absolute atomic E-state index is 0.272. The monoisotopic (exact) mass is 341 g/mol. The van der Waals surface area contributed by atoms with Crippen LogP contribution >= 0.6 is 0 Å². The fourth-order valence-corrected chi connectivity index (χ4v) is 2.46. The molecule has 0 saturated carbocycles. The van der Waals surface area contributed by atoms with Gasteiger partial charge in [-0.05, 0) is 35.4 Å². The van der Waals surface area contributed by atoms with Crippen LogP contribution in [0.5, 0.6) is 0 Å². The number of nitrogens with zero attached hydrogens (tertiary/aromatic N) is 1. The molecular weight excluding hydrogens is 326 g/mol. The van der Waals surface area contributed by atoms with E-state index in [0.717, 1.165) is 11.1 Å². The minimum atomic E-state index is -0.594. The Labute approximate surface area is 151 Å². The Morgan fingerprint density at radius 3 is 1.96 bits per heavy atom. The van der Waals surface area contributed by atoms with Crippen molar-refractivity contribution in [3.63, 3.8) is 0 Å². The van der Waals surface area contributed by atoms with Crippen LogP contribution in [0.4, 0.5) is 0 Å². The van der Waals surface area contributed by atoms with E-state index >= 15 is 0 Å². The lowest BCUT2D eigenvalue weighted by Crippen LogP contribution is -2.14. The van der Waals surface area contributed by atoms with Gasteiger partial charge in [-0.1, -0.05) is 54.6 Å². The summed E-state index contributed by atoms with van der Waals surface area (Å²) in [4.78, 5) is 24.2. The zero-order valence-corrected chi connectivity index (χ0v) is 13.9. The lowest BCUT2D eigenvalue weighted by Gasteiger charge is -2.06. The molecule has 4 nitrogen and oxygen atoms in total. The fourth-order valence-electron chi connectivity index (χ4n) is 2.46. The van der Waals surface area contributed by atoms with Gasteiger partial charge in [0, 0.05) is 5.56 Å². The molecule has 0 N–H and O–H groups in total. The smallest absolute Gasteiger partial charge is 0.338 e. The van der Waals surface area contributed by atoms with E-state index in [-0.39, 0.29) is 12.4 Å². The van der Waals surface area contributed by atoms with Crippen molar-refractivity contribution in [1.29, 1.82) is 5.26 Å². The average Bonchev–Trinajstić information content (AvgIpc) is 2.72. The molecule has 26 heavy (non-hydrogen) atoms. The second kappa shape index (κ2) is 7.91. The second-order valence-corrected chi connectivity index (χ2v) is 5.63. The molecule has 0 amide bonds. The fraction of sp³-hybridized carbons (Fsp3) is 0.0455. The Balaban J connectivity index is 1.61. The summed E-state index contributed by atoms with van der Waals surface area (Å²) in [5.41, 5.74) is 3.32. The van der Waals surface area contributed by atoms with Crippen LogP contribution in [0.3, 0.4) is 0 Å². The largest absolute Gasteiger partial charge is 0.454 e. The molecule has 3 aromatic rings. The quantitative estimate of drug-likeness (QED) is 0.513. The normalized spacial score (nSPS) is 9.96. The van der Waals surface area contributed by atoms with Crippen LogP contribution in [0.1, 0.15) is 26.3 Å². The number of benzene rings is 3. The number of carbonyl (C=O) groups is 2. The van der Waals surface area contributed by atoms with Gasteiger partial charge in [-0.25, -0.2) is 4.79 Å². The van der Waals surface area contributed by atoms with Crippen molar-refractivity contribution in [2.45, 2.75) is 0 Å². The molecule has 0 aliphatic heterocycles. The van der Waals surface area contributed by atoms with E-state index in [4.69, 9.17) is 10.00 Å². The summed E-state index contributed by atoms with van der Waals surface area (Å²) in [6.07, 6.45) is 0. The maximum absolute atomic E-state index is 12.2. The van der Waals surface area contributed by atoms with Gasteiger partial charge in [0.1, 0.15) is 0 Å². The first-order valence-corrected chi connectivity index (χ1v) is 8.03. The van der Waals surface area contributed by atoms with Crippen molar-refractivity contribution in [2.75, 3.05) is 6.61 Å². The number of hydrogen-bond acceptors (Lipinski definition) is 4. The van der Waals surface area contributed by atoms with Crippen LogP contribution in [0.15, 0.2) is 78.9 Å². The highest BCUT2D eigenvalue weighted by atomic mass is 16.5. The van der Waals surface area contributed by atoms with Gasteiger partial charge in [-0.2, -0.15) is 5.26 Å². The van der Waals surface area contributed by atoms with Crippen LogP contribution in [0.2, 0.25) is 0 Å². The summed E-state index contributed by atoms with van der Waals surface area (Å²) in [6, 6.07) is 25.1. The van der Waals surface area contributed by atoms with Gasteiger partial charge in [0.25, 0.3) is 0 Å². The lowest BCUT2D eigenvalue weighted by atomic mass is 10.0. The molecule has 0 radical (unpaired) electrons. The molecule has 0 unspecified atom stereocenters. The molecule has 3 aromatic carbocycles. The van der Waals surface area contributed by atoms with Crippen molar-refractivity contribution in [1.82, 2.24) is 0 Å². The van der Waals surface area contributed by atoms with Crippen molar-refractivity contribution in [3.05, 3.63) is 95.6 Å². The molecule has 0 bridgehead atoms. The Morgan fingerprint density at radius 2 is 1.35 bits per heavy atom. The molecule has 0 aliphatic rings. The Morgan fingerprint density at radius 1 is 0.769 bits per heavy atom. The van der Waals surface area contributed by atoms with Gasteiger partial charge in [-0.3, -0.25) is 4.79 Å². The summed E-state index contributed by atoms with van der Waals surface area (Å²) in [7, 11) is 0. The number of Topliss-reactive ketones (excluding diaryl/α,β-unsaturated/α-hetero) is 1. The van der Waals surface area contributed by atoms with Gasteiger partial charge >= 0.3 is 5.97 Å². The van der Waals surface area contributed by atoms with E-state index in [1.54, 1.807) is 12.1 Å². The van der Waals surface area contributed by atoms with Crippen molar-refractivity contribution in [2.24, 2.45) is 0 Å². The third-order valence-corrected chi connectivity index (χ3v) is 3.90. The van der Waals surface area contributed by atoms with E-state index in [1.165, 1.54) is 24.3 Å². The summed E-state index contributed by atoms with van der Waals surface area (Å²) in [5, 5.41) is 8.75. The number of ketones is 1. The molecule has 3 rings (SSSR count). The standard InChI is InChI=1S/C22H15NO3/c23-14-16-6-8-20(9-7-16)22(25)26-15-21(24)19-12-10-18(11-13-19)17-4-2-1-3-5-17/h1-13H,15H2. The number of ether oxygens (including phenoxy) is 1. The van der Waals surface area contributed by atoms with Gasteiger partial charge in [0.2, 0.25) is 0 Å². The highest BCUT2D eigenvalue weighted by Gasteiger charge is 2.12. The van der Waals surface area contributed by atoms with E-state index < -0.39 is 5.97 Å². The SMILES string of the molecule is N#Cc1ccc(C(=O)OCC(=O)c2ccc(-c3ccccc3)cc2)cc1. The van der Waals surface area contributed by atoms with Crippen LogP contribution in [0.25, 0.3) is 11.1 Å². The van der Waals surface area contributed by atoms with Gasteiger partial charge in [-0.15, -0.1) is 0 Å². The molecule has 0 heterocycles. The van der Waals surface area contributed by atoms with Gasteiger partial charge < -0.3 is 4.74 Å². The molecule has 0 aromatic heterocycles. The van der Waals surface area contributed by atoms with Crippen LogP contribution in [-0.4, -0.2) is 18.4 Å². The van der Waals surface area contributed by atoms with Crippen LogP contribution in [0, 0.1) is 11.3 Å². The molecule has 0 fully saturated rings. The molecule has 126 valence electrons. The first kappa shape index (κ1) is 17.1. The van der Waals surface area contributed by atoms with E-state index in [2.05, 4.69) is 0 Å². The summed E-state index contributed by atoms with van der Waals surface area (Å²) in [5.74, 6) is -0.865. The maximum atomic E-state index is 12.2. The topological polar surface area (TPSA) is 67.2 Å². The lowest BCUT2D eigenvalue weighted by molar-refractivity contribution is 0.0475. The maximum Gasteiger partial charge on any atom is 0.338 e. The average molecular weight is 341 g/mol. The van der Waals surface area contributed by atoms with Gasteiger partial charge in [0.05, 0.1) is 17.2 Å². The number of hydrogen-bond donors (Lipinski definition) is 0. The van der Waals surface area contributed by atoms with Crippen LogP contribution < -0.4 is 0 Å². The number of carbonyl (C=O) groups excluding carboxylic acids is 2. The molecule has 4 heteroatoms. The highest BCUT2D eigenvalue weighted by Crippen LogP contribution is 2.19. The molecule has 0 saturated heterocycles. The molecule has 0 spiro atoms. The number of rotatable bonds is 5. The Bertz CT molecular complexity index is 953. The zero-order valence-electron chi connectivity index (χ0n) is 13.9. The van der Waals surface area contributed by atoms with Crippen molar-refractivity contribution >= 4 is 11.8 Å². The predicted molar refractivity (Wildman–Crippen MR) is 97.6 cm³/mol. The van der Waals surface area contributed by atoms with E-state index in [1.807, 2.05) is 48.5 Å². The Kier molecular flexibility index (Phi) is 5.21. The predicted octanol–water partition coefficient (Wildman–Crippen LogP) is 4.26. The van der Waals surface area contributed by atoms with Crippen molar-refractivity contribution in [3.8, 4) is 17.2 Å². The Hall–Kier alpha value is -3.71. The van der Waals surface area contributed by atoms with Gasteiger partial charge in [0.15, 0.2) is 12.4 Å². The van der Waals surface area contributed by atoms with E-state index in [0.29, 0.717) is 16.7 Å². The van der Waals surface area contributed by atoms with Crippen molar-refractivity contribution < 1.29 is 14.3 Å². The molecule has 0 aliphatic carbocycles. The third-order valence-electron chi connectivity index (χ3n) is 3.90. The third kappa shape index (κ3) is 4.03. The zero-order chi connectivity index (χ0) is 18.4. The number of esters is 1. The first-order chi connectivity index (χ1) is 12.7.